The zero-order valence-electron chi connectivity index (χ0n) is 16.9. The van der Waals surface area contributed by atoms with Gasteiger partial charge < -0.3 is 25.3 Å². The number of fused-ring (bicyclic) bond motifs is 5. The molecule has 154 valence electrons. The molecule has 0 fully saturated rings. The Bertz CT molecular complexity index is 1280. The minimum Gasteiger partial charge on any atom is -0.375 e. The van der Waals surface area contributed by atoms with Crippen LogP contribution in [0.4, 0.5) is 17.3 Å². The fourth-order valence-electron chi connectivity index (χ4n) is 3.73. The zero-order valence-corrected chi connectivity index (χ0v) is 16.9. The van der Waals surface area contributed by atoms with Gasteiger partial charge >= 0.3 is 0 Å². The Hall–Kier alpha value is -3.66. The van der Waals surface area contributed by atoms with Crippen LogP contribution < -0.4 is 16.0 Å². The first-order valence-electron chi connectivity index (χ1n) is 9.69. The molecule has 3 aromatic heterocycles. The third kappa shape index (κ3) is 3.01. The fourth-order valence-corrected chi connectivity index (χ4v) is 3.73. The molecule has 0 aliphatic carbocycles. The number of rotatable bonds is 1. The van der Waals surface area contributed by atoms with Crippen molar-refractivity contribution in [3.05, 3.63) is 41.9 Å². The predicted octanol–water partition coefficient (Wildman–Crippen LogP) is 2.05. The lowest BCUT2D eigenvalue weighted by molar-refractivity contribution is 0.0822. The number of nitrogens with zero attached hydrogens (tertiary/aromatic N) is 5. The highest BCUT2D eigenvalue weighted by Crippen LogP contribution is 2.29. The van der Waals surface area contributed by atoms with Crippen molar-refractivity contribution in [2.45, 2.75) is 19.6 Å². The quantitative estimate of drug-likeness (QED) is 0.444. The molecule has 4 aromatic rings. The molecule has 30 heavy (non-hydrogen) atoms. The molecule has 10 nitrogen and oxygen atoms in total. The third-order valence-corrected chi connectivity index (χ3v) is 5.12. The van der Waals surface area contributed by atoms with Crippen molar-refractivity contribution < 1.29 is 9.53 Å². The number of aryl methyl sites for hydroxylation is 1. The first-order valence-corrected chi connectivity index (χ1v) is 9.69. The molecule has 1 aliphatic heterocycles. The van der Waals surface area contributed by atoms with E-state index in [-0.39, 0.29) is 11.9 Å². The van der Waals surface area contributed by atoms with Crippen LogP contribution in [-0.4, -0.2) is 49.8 Å². The van der Waals surface area contributed by atoms with Crippen molar-refractivity contribution in [1.82, 2.24) is 29.5 Å². The number of ether oxygens (including phenoxy) is 1. The number of aromatic nitrogens is 5. The van der Waals surface area contributed by atoms with E-state index in [1.165, 1.54) is 6.20 Å². The number of benzene rings is 1. The van der Waals surface area contributed by atoms with Crippen LogP contribution in [0.25, 0.3) is 16.7 Å². The summed E-state index contributed by atoms with van der Waals surface area (Å²) in [4.78, 5) is 22.0. The molecule has 4 heterocycles. The number of carbonyl (C=O) groups excluding carboxylic acids is 1. The van der Waals surface area contributed by atoms with Gasteiger partial charge in [-0.1, -0.05) is 0 Å². The molecule has 0 saturated carbocycles. The van der Waals surface area contributed by atoms with E-state index in [0.717, 1.165) is 22.3 Å². The summed E-state index contributed by atoms with van der Waals surface area (Å²) in [5.74, 6) is 1.06. The standard InChI is InChI=1S/C20H22N8O2/c1-11-8-30-9-12-4-14-18(27(3)10-22-14)15(5-12)25-16-6-17(21-2)28-19(26-16)13(7-23-28)20(29)24-11/h4-7,10-11,21H,8-9H2,1-3H3,(H,24,29)(H,25,26)/t11-/m1/s1. The van der Waals surface area contributed by atoms with Crippen LogP contribution in [0.5, 0.6) is 0 Å². The summed E-state index contributed by atoms with van der Waals surface area (Å²) in [7, 11) is 3.75. The second-order valence-electron chi connectivity index (χ2n) is 7.45. The maximum absolute atomic E-state index is 12.8. The molecule has 0 unspecified atom stereocenters. The summed E-state index contributed by atoms with van der Waals surface area (Å²) < 4.78 is 9.43. The largest absolute Gasteiger partial charge is 0.375 e. The molecule has 3 N–H and O–H groups in total. The number of hydrogen-bond donors (Lipinski definition) is 3. The van der Waals surface area contributed by atoms with E-state index < -0.39 is 0 Å². The molecular weight excluding hydrogens is 384 g/mol. The van der Waals surface area contributed by atoms with Gasteiger partial charge in [0.2, 0.25) is 0 Å². The molecule has 1 atom stereocenters. The Labute approximate surface area is 172 Å². The van der Waals surface area contributed by atoms with E-state index >= 15 is 0 Å². The van der Waals surface area contributed by atoms with Crippen molar-refractivity contribution >= 4 is 39.9 Å². The van der Waals surface area contributed by atoms with E-state index in [9.17, 15) is 4.79 Å². The van der Waals surface area contributed by atoms with Crippen molar-refractivity contribution in [3.8, 4) is 0 Å². The average molecular weight is 406 g/mol. The lowest BCUT2D eigenvalue weighted by Gasteiger charge is -2.16. The molecule has 0 saturated heterocycles. The van der Waals surface area contributed by atoms with Gasteiger partial charge in [0.15, 0.2) is 5.65 Å². The second-order valence-corrected chi connectivity index (χ2v) is 7.45. The molecule has 4 bridgehead atoms. The van der Waals surface area contributed by atoms with E-state index in [2.05, 4.69) is 31.0 Å². The molecular formula is C20H22N8O2. The van der Waals surface area contributed by atoms with Gasteiger partial charge in [-0.15, -0.1) is 0 Å². The van der Waals surface area contributed by atoms with Crippen LogP contribution in [0.15, 0.2) is 30.7 Å². The fraction of sp³-hybridized carbons (Fsp3) is 0.300. The summed E-state index contributed by atoms with van der Waals surface area (Å²) >= 11 is 0. The van der Waals surface area contributed by atoms with Gasteiger partial charge in [-0.25, -0.2) is 9.97 Å². The normalized spacial score (nSPS) is 17.0. The number of imidazole rings is 1. The van der Waals surface area contributed by atoms with Crippen LogP contribution in [0.1, 0.15) is 22.8 Å². The van der Waals surface area contributed by atoms with Crippen molar-refractivity contribution in [1.29, 1.82) is 0 Å². The number of anilines is 3. The zero-order chi connectivity index (χ0) is 20.8. The summed E-state index contributed by atoms with van der Waals surface area (Å²) in [5, 5.41) is 13.8. The van der Waals surface area contributed by atoms with Gasteiger partial charge in [-0.3, -0.25) is 4.79 Å². The van der Waals surface area contributed by atoms with Gasteiger partial charge in [0.25, 0.3) is 5.91 Å². The van der Waals surface area contributed by atoms with E-state index in [4.69, 9.17) is 4.74 Å². The Balaban J connectivity index is 1.73. The molecule has 10 heteroatoms. The summed E-state index contributed by atoms with van der Waals surface area (Å²) in [6.45, 7) is 2.70. The second kappa shape index (κ2) is 6.99. The first-order chi connectivity index (χ1) is 14.5. The van der Waals surface area contributed by atoms with Gasteiger partial charge in [-0.2, -0.15) is 9.61 Å². The summed E-state index contributed by atoms with van der Waals surface area (Å²) in [6.07, 6.45) is 3.31. The topological polar surface area (TPSA) is 110 Å². The summed E-state index contributed by atoms with van der Waals surface area (Å²) in [6, 6.07) is 5.74. The Kier molecular flexibility index (Phi) is 4.28. The van der Waals surface area contributed by atoms with Crippen LogP contribution >= 0.6 is 0 Å². The van der Waals surface area contributed by atoms with E-state index in [1.807, 2.05) is 36.7 Å². The maximum Gasteiger partial charge on any atom is 0.257 e. The Morgan fingerprint density at radius 2 is 2.17 bits per heavy atom. The SMILES string of the molecule is CNc1cc2nc3c(cnn13)C(=O)N[C@H](C)COCc1cc(c3c(c1)ncn3C)N2. The van der Waals surface area contributed by atoms with Crippen molar-refractivity contribution in [2.75, 3.05) is 24.3 Å². The molecule has 0 radical (unpaired) electrons. The number of carbonyl (C=O) groups is 1. The lowest BCUT2D eigenvalue weighted by atomic mass is 10.1. The average Bonchev–Trinajstić information content (AvgIpc) is 3.30. The van der Waals surface area contributed by atoms with Crippen LogP contribution in [0.2, 0.25) is 0 Å². The smallest absolute Gasteiger partial charge is 0.257 e. The van der Waals surface area contributed by atoms with E-state index in [0.29, 0.717) is 36.1 Å². The minimum absolute atomic E-state index is 0.168. The maximum atomic E-state index is 12.8. The minimum atomic E-state index is -0.239. The highest BCUT2D eigenvalue weighted by atomic mass is 16.5. The molecule has 5 rings (SSSR count). The molecule has 1 aromatic carbocycles. The molecule has 1 aliphatic rings. The predicted molar refractivity (Wildman–Crippen MR) is 113 cm³/mol. The number of nitrogens with one attached hydrogen (secondary N) is 3. The van der Waals surface area contributed by atoms with Gasteiger partial charge in [0.05, 0.1) is 42.5 Å². The Morgan fingerprint density at radius 3 is 3.00 bits per heavy atom. The van der Waals surface area contributed by atoms with Gasteiger partial charge in [0, 0.05) is 26.2 Å². The van der Waals surface area contributed by atoms with Crippen molar-refractivity contribution in [2.24, 2.45) is 7.05 Å². The number of hydrogen-bond acceptors (Lipinski definition) is 7. The van der Waals surface area contributed by atoms with Gasteiger partial charge in [0.1, 0.15) is 17.2 Å². The monoisotopic (exact) mass is 406 g/mol. The molecule has 0 spiro atoms. The summed E-state index contributed by atoms with van der Waals surface area (Å²) in [5.41, 5.74) is 4.54. The van der Waals surface area contributed by atoms with Crippen LogP contribution in [0.3, 0.4) is 0 Å². The lowest BCUT2D eigenvalue weighted by Crippen LogP contribution is -2.35. The Morgan fingerprint density at radius 1 is 1.30 bits per heavy atom. The highest BCUT2D eigenvalue weighted by molar-refractivity contribution is 6.00. The van der Waals surface area contributed by atoms with Crippen molar-refractivity contribution in [3.63, 3.8) is 0 Å². The van der Waals surface area contributed by atoms with E-state index in [1.54, 1.807) is 17.9 Å². The number of amides is 1. The van der Waals surface area contributed by atoms with Crippen LogP contribution in [0, 0.1) is 0 Å². The third-order valence-electron chi connectivity index (χ3n) is 5.12. The van der Waals surface area contributed by atoms with Crippen LogP contribution in [-0.2, 0) is 18.4 Å². The first kappa shape index (κ1) is 18.4. The highest BCUT2D eigenvalue weighted by Gasteiger charge is 2.20. The molecule has 1 amide bonds. The van der Waals surface area contributed by atoms with Gasteiger partial charge in [-0.05, 0) is 24.6 Å².